The summed E-state index contributed by atoms with van der Waals surface area (Å²) in [5.41, 5.74) is 0. The van der Waals surface area contributed by atoms with Gasteiger partial charge in [0.15, 0.2) is 0 Å². The lowest BCUT2D eigenvalue weighted by Crippen LogP contribution is -2.11. The Morgan fingerprint density at radius 2 is 2.08 bits per heavy atom. The van der Waals surface area contributed by atoms with Gasteiger partial charge in [0.2, 0.25) is 0 Å². The fraction of sp³-hybridized carbons (Fsp3) is 0.900. The topological polar surface area (TPSA) is 26.3 Å². The standard InChI is InChI=1S/C10H20O2/c1-4-5-10(6-9(2)3)7-12-8-11/h8-10H,4-7H2,1-3H3. The van der Waals surface area contributed by atoms with E-state index in [1.807, 2.05) is 0 Å². The van der Waals surface area contributed by atoms with Crippen molar-refractivity contribution >= 4 is 6.47 Å². The molecule has 0 rings (SSSR count). The van der Waals surface area contributed by atoms with E-state index in [9.17, 15) is 4.79 Å². The van der Waals surface area contributed by atoms with Gasteiger partial charge in [0.25, 0.3) is 6.47 Å². The Kier molecular flexibility index (Phi) is 6.82. The molecule has 0 aliphatic rings. The number of hydrogen-bond donors (Lipinski definition) is 0. The maximum absolute atomic E-state index is 9.98. The molecule has 1 unspecified atom stereocenters. The maximum Gasteiger partial charge on any atom is 0.293 e. The number of rotatable bonds is 7. The Hall–Kier alpha value is -0.530. The molecular weight excluding hydrogens is 152 g/mol. The van der Waals surface area contributed by atoms with E-state index < -0.39 is 0 Å². The highest BCUT2D eigenvalue weighted by Crippen LogP contribution is 2.16. The molecule has 0 radical (unpaired) electrons. The van der Waals surface area contributed by atoms with Crippen LogP contribution < -0.4 is 0 Å². The van der Waals surface area contributed by atoms with Gasteiger partial charge in [-0.3, -0.25) is 4.79 Å². The molecule has 0 aromatic rings. The summed E-state index contributed by atoms with van der Waals surface area (Å²) in [5.74, 6) is 1.25. The lowest BCUT2D eigenvalue weighted by atomic mass is 9.94. The van der Waals surface area contributed by atoms with Crippen molar-refractivity contribution in [1.82, 2.24) is 0 Å². The first-order valence-electron chi connectivity index (χ1n) is 4.75. The average Bonchev–Trinajstić information content (AvgIpc) is 2.00. The molecule has 0 heterocycles. The van der Waals surface area contributed by atoms with Gasteiger partial charge in [-0.1, -0.05) is 27.2 Å². The zero-order chi connectivity index (χ0) is 9.40. The van der Waals surface area contributed by atoms with Crippen molar-refractivity contribution in [2.75, 3.05) is 6.61 Å². The molecule has 0 aromatic carbocycles. The molecule has 0 aliphatic carbocycles. The summed E-state index contributed by atoms with van der Waals surface area (Å²) in [6, 6.07) is 0. The highest BCUT2D eigenvalue weighted by molar-refractivity contribution is 5.36. The minimum Gasteiger partial charge on any atom is -0.468 e. The minimum atomic E-state index is 0.545. The summed E-state index contributed by atoms with van der Waals surface area (Å²) >= 11 is 0. The van der Waals surface area contributed by atoms with Gasteiger partial charge in [-0.2, -0.15) is 0 Å². The van der Waals surface area contributed by atoms with Crippen LogP contribution in [0.2, 0.25) is 0 Å². The molecule has 0 spiro atoms. The smallest absolute Gasteiger partial charge is 0.293 e. The first-order chi connectivity index (χ1) is 5.70. The zero-order valence-corrected chi connectivity index (χ0v) is 8.38. The van der Waals surface area contributed by atoms with Crippen molar-refractivity contribution < 1.29 is 9.53 Å². The Bertz CT molecular complexity index is 110. The molecule has 0 aromatic heterocycles. The van der Waals surface area contributed by atoms with Gasteiger partial charge in [0.1, 0.15) is 0 Å². The Morgan fingerprint density at radius 1 is 1.42 bits per heavy atom. The highest BCUT2D eigenvalue weighted by Gasteiger charge is 2.09. The lowest BCUT2D eigenvalue weighted by molar-refractivity contribution is -0.130. The van der Waals surface area contributed by atoms with Gasteiger partial charge < -0.3 is 4.74 Å². The summed E-state index contributed by atoms with van der Waals surface area (Å²) in [7, 11) is 0. The van der Waals surface area contributed by atoms with Crippen molar-refractivity contribution in [1.29, 1.82) is 0 Å². The molecule has 0 bridgehead atoms. The summed E-state index contributed by atoms with van der Waals surface area (Å²) in [6.45, 7) is 7.69. The van der Waals surface area contributed by atoms with Gasteiger partial charge in [-0.05, 0) is 24.7 Å². The van der Waals surface area contributed by atoms with E-state index in [1.165, 1.54) is 6.42 Å². The maximum atomic E-state index is 9.98. The monoisotopic (exact) mass is 172 g/mol. The molecule has 0 saturated heterocycles. The molecule has 0 aliphatic heterocycles. The summed E-state index contributed by atoms with van der Waals surface area (Å²) < 4.78 is 4.77. The van der Waals surface area contributed by atoms with Crippen molar-refractivity contribution in [3.05, 3.63) is 0 Å². The van der Waals surface area contributed by atoms with Crippen LogP contribution in [0, 0.1) is 11.8 Å². The van der Waals surface area contributed by atoms with E-state index in [0.717, 1.165) is 12.8 Å². The quantitative estimate of drug-likeness (QED) is 0.552. The van der Waals surface area contributed by atoms with Crippen molar-refractivity contribution in [2.24, 2.45) is 11.8 Å². The van der Waals surface area contributed by atoms with E-state index in [0.29, 0.717) is 24.9 Å². The predicted octanol–water partition coefficient (Wildman–Crippen LogP) is 2.62. The van der Waals surface area contributed by atoms with E-state index >= 15 is 0 Å². The second-order valence-electron chi connectivity index (χ2n) is 3.71. The third kappa shape index (κ3) is 6.20. The number of carbonyl (C=O) groups excluding carboxylic acids is 1. The van der Waals surface area contributed by atoms with Crippen LogP contribution in [-0.2, 0) is 9.53 Å². The molecule has 0 N–H and O–H groups in total. The molecule has 2 heteroatoms. The lowest BCUT2D eigenvalue weighted by Gasteiger charge is -2.16. The van der Waals surface area contributed by atoms with Crippen LogP contribution in [0.4, 0.5) is 0 Å². The van der Waals surface area contributed by atoms with E-state index in [1.54, 1.807) is 0 Å². The van der Waals surface area contributed by atoms with Gasteiger partial charge in [-0.25, -0.2) is 0 Å². The van der Waals surface area contributed by atoms with Crippen molar-refractivity contribution in [3.63, 3.8) is 0 Å². The molecule has 12 heavy (non-hydrogen) atoms. The summed E-state index contributed by atoms with van der Waals surface area (Å²) in [5, 5.41) is 0. The van der Waals surface area contributed by atoms with Crippen LogP contribution in [0.25, 0.3) is 0 Å². The zero-order valence-electron chi connectivity index (χ0n) is 8.38. The molecule has 0 saturated carbocycles. The van der Waals surface area contributed by atoms with Crippen LogP contribution in [0.15, 0.2) is 0 Å². The Labute approximate surface area is 75.3 Å². The average molecular weight is 172 g/mol. The second kappa shape index (κ2) is 7.14. The largest absolute Gasteiger partial charge is 0.468 e. The SMILES string of the molecule is CCCC(COC=O)CC(C)C. The van der Waals surface area contributed by atoms with Gasteiger partial charge in [0, 0.05) is 0 Å². The highest BCUT2D eigenvalue weighted by atomic mass is 16.5. The number of ether oxygens (including phenoxy) is 1. The van der Waals surface area contributed by atoms with Crippen LogP contribution in [0.3, 0.4) is 0 Å². The van der Waals surface area contributed by atoms with Crippen LogP contribution in [-0.4, -0.2) is 13.1 Å². The third-order valence-electron chi connectivity index (χ3n) is 1.90. The predicted molar refractivity (Wildman–Crippen MR) is 49.9 cm³/mol. The van der Waals surface area contributed by atoms with Crippen LogP contribution >= 0.6 is 0 Å². The first kappa shape index (κ1) is 11.5. The summed E-state index contributed by atoms with van der Waals surface area (Å²) in [4.78, 5) is 9.98. The van der Waals surface area contributed by atoms with E-state index in [-0.39, 0.29) is 0 Å². The minimum absolute atomic E-state index is 0.545. The van der Waals surface area contributed by atoms with Gasteiger partial charge >= 0.3 is 0 Å². The molecule has 72 valence electrons. The molecule has 0 fully saturated rings. The van der Waals surface area contributed by atoms with E-state index in [2.05, 4.69) is 20.8 Å². The Morgan fingerprint density at radius 3 is 2.50 bits per heavy atom. The molecule has 0 amide bonds. The van der Waals surface area contributed by atoms with Gasteiger partial charge in [-0.15, -0.1) is 0 Å². The van der Waals surface area contributed by atoms with Crippen LogP contribution in [0.5, 0.6) is 0 Å². The van der Waals surface area contributed by atoms with E-state index in [4.69, 9.17) is 4.74 Å². The summed E-state index contributed by atoms with van der Waals surface area (Å²) in [6.07, 6.45) is 3.48. The number of carbonyl (C=O) groups is 1. The molecule has 2 nitrogen and oxygen atoms in total. The van der Waals surface area contributed by atoms with Crippen molar-refractivity contribution in [3.8, 4) is 0 Å². The molecular formula is C10H20O2. The fourth-order valence-corrected chi connectivity index (χ4v) is 1.52. The third-order valence-corrected chi connectivity index (χ3v) is 1.90. The normalized spacial score (nSPS) is 13.0. The first-order valence-corrected chi connectivity index (χ1v) is 4.75. The second-order valence-corrected chi connectivity index (χ2v) is 3.71. The van der Waals surface area contributed by atoms with Crippen LogP contribution in [0.1, 0.15) is 40.0 Å². The molecule has 1 atom stereocenters. The van der Waals surface area contributed by atoms with Crippen molar-refractivity contribution in [2.45, 2.75) is 40.0 Å². The number of hydrogen-bond acceptors (Lipinski definition) is 2. The fourth-order valence-electron chi connectivity index (χ4n) is 1.52. The Balaban J connectivity index is 3.61. The van der Waals surface area contributed by atoms with Gasteiger partial charge in [0.05, 0.1) is 6.61 Å².